The topological polar surface area (TPSA) is 12.0 Å². The molecule has 0 saturated heterocycles. The predicted molar refractivity (Wildman–Crippen MR) is 179 cm³/mol. The van der Waals surface area contributed by atoms with E-state index in [0.717, 1.165) is 45.1 Å². The Morgan fingerprint density at radius 2 is 1.30 bits per heavy atom. The Morgan fingerprint density at radius 1 is 0.651 bits per heavy atom. The molecular formula is C41H28ClN. The Labute approximate surface area is 257 Å². The molecule has 2 heteroatoms. The van der Waals surface area contributed by atoms with Crippen molar-refractivity contribution in [1.29, 1.82) is 0 Å². The van der Waals surface area contributed by atoms with Crippen molar-refractivity contribution in [1.82, 2.24) is 0 Å². The fourth-order valence-electron chi connectivity index (χ4n) is 8.25. The molecule has 1 spiro atoms. The number of benzene rings is 5. The Balaban J connectivity index is 1.52. The summed E-state index contributed by atoms with van der Waals surface area (Å²) in [6.07, 6.45) is 7.13. The molecule has 0 aromatic heterocycles. The van der Waals surface area contributed by atoms with Gasteiger partial charge in [-0.25, -0.2) is 0 Å². The molecule has 1 nitrogen and oxygen atoms in total. The molecule has 204 valence electrons. The lowest BCUT2D eigenvalue weighted by atomic mass is 9.55. The fourth-order valence-corrected chi connectivity index (χ4v) is 8.51. The van der Waals surface area contributed by atoms with Gasteiger partial charge in [0.1, 0.15) is 0 Å². The lowest BCUT2D eigenvalue weighted by Crippen LogP contribution is -2.40. The van der Waals surface area contributed by atoms with Crippen LogP contribution in [0.3, 0.4) is 0 Å². The van der Waals surface area contributed by atoms with Crippen molar-refractivity contribution in [2.75, 3.05) is 5.32 Å². The average molecular weight is 570 g/mol. The molecule has 0 radical (unpaired) electrons. The van der Waals surface area contributed by atoms with Crippen molar-refractivity contribution >= 4 is 28.5 Å². The van der Waals surface area contributed by atoms with E-state index in [1.165, 1.54) is 44.5 Å². The van der Waals surface area contributed by atoms with Crippen molar-refractivity contribution in [3.63, 3.8) is 0 Å². The Hall–Kier alpha value is -4.77. The summed E-state index contributed by atoms with van der Waals surface area (Å²) in [7, 11) is 0. The van der Waals surface area contributed by atoms with E-state index in [-0.39, 0.29) is 5.41 Å². The van der Waals surface area contributed by atoms with Gasteiger partial charge in [0, 0.05) is 50.4 Å². The van der Waals surface area contributed by atoms with E-state index in [0.29, 0.717) is 0 Å². The van der Waals surface area contributed by atoms with Crippen molar-refractivity contribution in [2.24, 2.45) is 0 Å². The molecule has 9 rings (SSSR count). The van der Waals surface area contributed by atoms with Crippen LogP contribution in [0.2, 0.25) is 5.02 Å². The first-order valence-electron chi connectivity index (χ1n) is 15.0. The smallest absolute Gasteiger partial charge is 0.0720 e. The molecule has 0 unspecified atom stereocenters. The lowest BCUT2D eigenvalue weighted by Gasteiger charge is -2.46. The van der Waals surface area contributed by atoms with Crippen LogP contribution < -0.4 is 5.32 Å². The van der Waals surface area contributed by atoms with Crippen molar-refractivity contribution in [3.8, 4) is 34.1 Å². The van der Waals surface area contributed by atoms with Crippen LogP contribution in [-0.4, -0.2) is 0 Å². The number of allylic oxidation sites excluding steroid dienone is 4. The Bertz CT molecular complexity index is 2130. The first-order chi connectivity index (χ1) is 21.0. The first kappa shape index (κ1) is 24.8. The van der Waals surface area contributed by atoms with E-state index >= 15 is 0 Å². The minimum atomic E-state index is -0.489. The van der Waals surface area contributed by atoms with E-state index in [2.05, 4.69) is 146 Å². The highest BCUT2D eigenvalue weighted by molar-refractivity contribution is 6.35. The third-order valence-electron chi connectivity index (χ3n) is 10.0. The Kier molecular flexibility index (Phi) is 4.98. The number of halogens is 1. The summed E-state index contributed by atoms with van der Waals surface area (Å²) >= 11 is 7.22. The molecular weight excluding hydrogens is 542 g/mol. The van der Waals surface area contributed by atoms with Crippen LogP contribution in [0.15, 0.2) is 115 Å². The molecule has 0 bridgehead atoms. The highest BCUT2D eigenvalue weighted by atomic mass is 35.5. The van der Waals surface area contributed by atoms with Crippen LogP contribution in [-0.2, 0) is 10.8 Å². The van der Waals surface area contributed by atoms with Crippen LogP contribution in [0.4, 0.5) is 11.4 Å². The normalized spacial score (nSPS) is 16.8. The van der Waals surface area contributed by atoms with Gasteiger partial charge >= 0.3 is 0 Å². The van der Waals surface area contributed by atoms with Gasteiger partial charge in [0.25, 0.3) is 0 Å². The monoisotopic (exact) mass is 569 g/mol. The van der Waals surface area contributed by atoms with Crippen LogP contribution in [0.5, 0.6) is 0 Å². The van der Waals surface area contributed by atoms with Gasteiger partial charge in [-0.05, 0) is 57.2 Å². The molecule has 0 fully saturated rings. The van der Waals surface area contributed by atoms with Gasteiger partial charge in [0.2, 0.25) is 0 Å². The second-order valence-corrected chi connectivity index (χ2v) is 12.8. The van der Waals surface area contributed by atoms with Crippen molar-refractivity contribution in [2.45, 2.75) is 31.1 Å². The molecule has 43 heavy (non-hydrogen) atoms. The summed E-state index contributed by atoms with van der Waals surface area (Å²) in [5, 5.41) is 4.70. The first-order valence-corrected chi connectivity index (χ1v) is 15.3. The van der Waals surface area contributed by atoms with Gasteiger partial charge in [-0.3, -0.25) is 0 Å². The molecule has 0 saturated carbocycles. The minimum absolute atomic E-state index is 0.144. The van der Waals surface area contributed by atoms with Crippen LogP contribution in [0.1, 0.15) is 59.2 Å². The summed E-state index contributed by atoms with van der Waals surface area (Å²) in [4.78, 5) is 0. The minimum Gasteiger partial charge on any atom is -0.354 e. The lowest BCUT2D eigenvalue weighted by molar-refractivity contribution is 0.563. The van der Waals surface area contributed by atoms with Gasteiger partial charge in [0.05, 0.1) is 11.1 Å². The third-order valence-corrected chi connectivity index (χ3v) is 10.3. The van der Waals surface area contributed by atoms with Gasteiger partial charge in [0.15, 0.2) is 0 Å². The van der Waals surface area contributed by atoms with E-state index in [4.69, 9.17) is 11.6 Å². The van der Waals surface area contributed by atoms with Crippen molar-refractivity contribution < 1.29 is 0 Å². The molecule has 5 aromatic rings. The van der Waals surface area contributed by atoms with Gasteiger partial charge in [-0.15, -0.1) is 0 Å². The average Bonchev–Trinajstić information content (AvgIpc) is 3.19. The molecule has 1 heterocycles. The van der Waals surface area contributed by atoms with Crippen LogP contribution in [0.25, 0.3) is 27.8 Å². The van der Waals surface area contributed by atoms with Gasteiger partial charge < -0.3 is 5.32 Å². The number of nitrogens with one attached hydrogen (secondary N) is 1. The Morgan fingerprint density at radius 3 is 2.07 bits per heavy atom. The zero-order valence-electron chi connectivity index (χ0n) is 24.1. The maximum Gasteiger partial charge on any atom is 0.0720 e. The maximum atomic E-state index is 7.22. The summed E-state index contributed by atoms with van der Waals surface area (Å²) in [6.45, 7) is 4.73. The standard InChI is InChI=1S/C41H28ClN/c1-40(2)28-16-8-10-18-30(28)41(31-19-11-9-17-29(31)40)32-23-24-34(42)36-27-15-7-12-20-35(27)43-39-26(25-13-5-3-4-6-14-25)21-22-33(41)38(39)37(32)36/h3,5,7-13,15-24,43H,4H2,1-2H3. The molecule has 1 aliphatic heterocycles. The number of anilines is 2. The summed E-state index contributed by atoms with van der Waals surface area (Å²) in [5.41, 5.74) is 16.3. The summed E-state index contributed by atoms with van der Waals surface area (Å²) in [5.74, 6) is 6.79. The van der Waals surface area contributed by atoms with Gasteiger partial charge in [-0.1, -0.05) is 134 Å². The number of hydrogen-bond acceptors (Lipinski definition) is 1. The largest absolute Gasteiger partial charge is 0.354 e. The van der Waals surface area contributed by atoms with Crippen LogP contribution >= 0.6 is 11.6 Å². The summed E-state index contributed by atoms with van der Waals surface area (Å²) in [6, 6.07) is 35.7. The van der Waals surface area contributed by atoms with Crippen molar-refractivity contribution in [3.05, 3.63) is 159 Å². The fraction of sp³-hybridized carbons (Fsp3) is 0.122. The number of para-hydroxylation sites is 1. The zero-order valence-corrected chi connectivity index (χ0v) is 24.8. The molecule has 0 amide bonds. The van der Waals surface area contributed by atoms with E-state index in [1.807, 2.05) is 0 Å². The third kappa shape index (κ3) is 3.04. The molecule has 4 aliphatic rings. The van der Waals surface area contributed by atoms with Gasteiger partial charge in [-0.2, -0.15) is 0 Å². The highest BCUT2D eigenvalue weighted by Crippen LogP contribution is 2.66. The predicted octanol–water partition coefficient (Wildman–Crippen LogP) is 10.4. The second kappa shape index (κ2) is 8.63. The van der Waals surface area contributed by atoms with Crippen LogP contribution in [0, 0.1) is 11.8 Å². The SMILES string of the molecule is CC1(C)c2ccccc2C2(c3ccccc31)c1ccc(C3=CC=CCC#C3)c3c1-c1c2ccc(Cl)c1-c1ccccc1N3. The zero-order chi connectivity index (χ0) is 28.9. The number of rotatable bonds is 1. The molecule has 3 aliphatic carbocycles. The molecule has 1 N–H and O–H groups in total. The van der Waals surface area contributed by atoms with E-state index < -0.39 is 5.41 Å². The molecule has 5 aromatic carbocycles. The number of hydrogen-bond donors (Lipinski definition) is 1. The maximum absolute atomic E-state index is 7.22. The highest BCUT2D eigenvalue weighted by Gasteiger charge is 2.55. The van der Waals surface area contributed by atoms with E-state index in [1.54, 1.807) is 0 Å². The second-order valence-electron chi connectivity index (χ2n) is 12.4. The quantitative estimate of drug-likeness (QED) is 0.194. The number of fused-ring (bicyclic) bond motifs is 8. The molecule has 0 atom stereocenters. The summed E-state index contributed by atoms with van der Waals surface area (Å²) < 4.78 is 0. The van der Waals surface area contributed by atoms with E-state index in [9.17, 15) is 0 Å².